The van der Waals surface area contributed by atoms with E-state index in [-0.39, 0.29) is 11.9 Å². The summed E-state index contributed by atoms with van der Waals surface area (Å²) in [6.07, 6.45) is 5.38. The van der Waals surface area contributed by atoms with Crippen LogP contribution in [0.15, 0.2) is 30.3 Å². The molecule has 3 amide bonds. The highest BCUT2D eigenvalue weighted by atomic mass is 32.1. The van der Waals surface area contributed by atoms with Gasteiger partial charge in [0.15, 0.2) is 0 Å². The third kappa shape index (κ3) is 4.27. The van der Waals surface area contributed by atoms with Crippen molar-refractivity contribution in [2.75, 3.05) is 5.32 Å². The molecule has 1 aromatic heterocycles. The van der Waals surface area contributed by atoms with Crippen molar-refractivity contribution in [3.05, 3.63) is 40.9 Å². The molecule has 3 N–H and O–H groups in total. The summed E-state index contributed by atoms with van der Waals surface area (Å²) < 4.78 is 0. The lowest BCUT2D eigenvalue weighted by Crippen LogP contribution is -2.57. The second kappa shape index (κ2) is 7.64. The Balaban J connectivity index is 1.37. The number of carbonyl (C=O) groups excluding carboxylic acids is 2. The van der Waals surface area contributed by atoms with E-state index < -0.39 is 5.54 Å². The van der Waals surface area contributed by atoms with Crippen LogP contribution in [0, 0.1) is 0 Å². The van der Waals surface area contributed by atoms with E-state index in [1.807, 2.05) is 30.3 Å². The largest absolute Gasteiger partial charge is 0.334 e. The van der Waals surface area contributed by atoms with Crippen LogP contribution < -0.4 is 16.0 Å². The van der Waals surface area contributed by atoms with Crippen LogP contribution in [-0.2, 0) is 11.3 Å². The Labute approximate surface area is 162 Å². The predicted octanol–water partition coefficient (Wildman–Crippen LogP) is 3.17. The van der Waals surface area contributed by atoms with Gasteiger partial charge in [-0.3, -0.25) is 10.1 Å². The van der Waals surface area contributed by atoms with Crippen molar-refractivity contribution in [1.29, 1.82) is 0 Å². The van der Waals surface area contributed by atoms with Gasteiger partial charge in [0, 0.05) is 12.5 Å². The van der Waals surface area contributed by atoms with Crippen LogP contribution >= 0.6 is 11.3 Å². The molecule has 0 spiro atoms. The summed E-state index contributed by atoms with van der Waals surface area (Å²) in [6.45, 7) is 0.422. The minimum Gasteiger partial charge on any atom is -0.334 e. The summed E-state index contributed by atoms with van der Waals surface area (Å²) in [7, 11) is 0. The van der Waals surface area contributed by atoms with E-state index in [1.165, 1.54) is 11.3 Å². The van der Waals surface area contributed by atoms with Gasteiger partial charge in [0.1, 0.15) is 10.5 Å². The second-order valence-corrected chi connectivity index (χ2v) is 8.27. The summed E-state index contributed by atoms with van der Waals surface area (Å²) >= 11 is 1.43. The summed E-state index contributed by atoms with van der Waals surface area (Å²) in [6, 6.07) is 9.37. The van der Waals surface area contributed by atoms with Crippen molar-refractivity contribution in [3.63, 3.8) is 0 Å². The van der Waals surface area contributed by atoms with Gasteiger partial charge < -0.3 is 10.6 Å². The maximum absolute atomic E-state index is 12.9. The Kier molecular flexibility index (Phi) is 5.07. The Hall–Kier alpha value is -2.48. The van der Waals surface area contributed by atoms with E-state index in [0.717, 1.165) is 36.3 Å². The quantitative estimate of drug-likeness (QED) is 0.712. The number of urea groups is 1. The summed E-state index contributed by atoms with van der Waals surface area (Å²) in [5, 5.41) is 18.4. The Bertz CT molecular complexity index is 813. The molecular formula is C19H23N5O2S. The van der Waals surface area contributed by atoms with E-state index in [9.17, 15) is 9.59 Å². The number of rotatable bonds is 6. The molecule has 2 aromatic rings. The first kappa shape index (κ1) is 17.9. The number of aromatic nitrogens is 2. The monoisotopic (exact) mass is 385 g/mol. The van der Waals surface area contributed by atoms with Crippen molar-refractivity contribution < 1.29 is 9.59 Å². The van der Waals surface area contributed by atoms with E-state index in [4.69, 9.17) is 0 Å². The molecule has 1 heterocycles. The normalized spacial score (nSPS) is 18.1. The van der Waals surface area contributed by atoms with Gasteiger partial charge in [-0.2, -0.15) is 0 Å². The fourth-order valence-electron chi connectivity index (χ4n) is 3.42. The number of nitrogens with zero attached hydrogens (tertiary/aromatic N) is 2. The molecule has 0 bridgehead atoms. The number of hydrogen-bond donors (Lipinski definition) is 3. The van der Waals surface area contributed by atoms with E-state index in [1.54, 1.807) is 0 Å². The highest BCUT2D eigenvalue weighted by Gasteiger charge is 2.43. The van der Waals surface area contributed by atoms with Gasteiger partial charge in [0.05, 0.1) is 0 Å². The Morgan fingerprint density at radius 1 is 1.11 bits per heavy atom. The first-order valence-electron chi connectivity index (χ1n) is 9.39. The molecule has 0 atom stereocenters. The van der Waals surface area contributed by atoms with Crippen molar-refractivity contribution >= 4 is 28.4 Å². The van der Waals surface area contributed by atoms with E-state index in [0.29, 0.717) is 30.4 Å². The molecule has 1 aromatic carbocycles. The molecule has 4 rings (SSSR count). The Morgan fingerprint density at radius 3 is 2.56 bits per heavy atom. The molecule has 27 heavy (non-hydrogen) atoms. The lowest BCUT2D eigenvalue weighted by Gasteiger charge is -2.28. The average molecular weight is 385 g/mol. The second-order valence-electron chi connectivity index (χ2n) is 7.26. The molecule has 2 aliphatic carbocycles. The van der Waals surface area contributed by atoms with Gasteiger partial charge >= 0.3 is 6.03 Å². The van der Waals surface area contributed by atoms with Crippen molar-refractivity contribution in [3.8, 4) is 0 Å². The number of nitrogens with one attached hydrogen (secondary N) is 3. The van der Waals surface area contributed by atoms with Crippen molar-refractivity contribution in [2.45, 2.75) is 56.5 Å². The van der Waals surface area contributed by atoms with Gasteiger partial charge in [0.2, 0.25) is 5.13 Å². The number of amides is 3. The third-order valence-electron chi connectivity index (χ3n) is 5.13. The van der Waals surface area contributed by atoms with Crippen LogP contribution in [-0.4, -0.2) is 27.7 Å². The fraction of sp³-hybridized carbons (Fsp3) is 0.474. The molecule has 0 saturated heterocycles. The zero-order valence-electron chi connectivity index (χ0n) is 15.0. The molecule has 0 aliphatic heterocycles. The van der Waals surface area contributed by atoms with Crippen LogP contribution in [0.4, 0.5) is 9.93 Å². The third-order valence-corrected chi connectivity index (χ3v) is 6.13. The highest BCUT2D eigenvalue weighted by Crippen LogP contribution is 2.42. The van der Waals surface area contributed by atoms with E-state index in [2.05, 4.69) is 26.1 Å². The number of benzene rings is 1. The Morgan fingerprint density at radius 2 is 1.85 bits per heavy atom. The van der Waals surface area contributed by atoms with Crippen LogP contribution in [0.1, 0.15) is 55.0 Å². The van der Waals surface area contributed by atoms with Crippen LogP contribution in [0.5, 0.6) is 0 Å². The van der Waals surface area contributed by atoms with Gasteiger partial charge in [-0.15, -0.1) is 10.2 Å². The SMILES string of the molecule is O=C(NCc1ccccc1)NC1(C(=O)Nc2nnc(C3CC3)s2)CCCC1. The molecular weight excluding hydrogens is 362 g/mol. The smallest absolute Gasteiger partial charge is 0.315 e. The minimum absolute atomic E-state index is 0.201. The number of hydrogen-bond acceptors (Lipinski definition) is 5. The van der Waals surface area contributed by atoms with Gasteiger partial charge in [-0.1, -0.05) is 54.5 Å². The van der Waals surface area contributed by atoms with Crippen molar-refractivity contribution in [1.82, 2.24) is 20.8 Å². The van der Waals surface area contributed by atoms with Gasteiger partial charge in [-0.05, 0) is 31.2 Å². The number of carbonyl (C=O) groups is 2. The average Bonchev–Trinajstić information content (AvgIpc) is 3.24. The van der Waals surface area contributed by atoms with Gasteiger partial charge in [0.25, 0.3) is 5.91 Å². The zero-order chi connectivity index (χ0) is 18.7. The summed E-state index contributed by atoms with van der Waals surface area (Å²) in [5.41, 5.74) is 0.130. The predicted molar refractivity (Wildman–Crippen MR) is 104 cm³/mol. The van der Waals surface area contributed by atoms with Crippen LogP contribution in [0.3, 0.4) is 0 Å². The molecule has 0 unspecified atom stereocenters. The first-order valence-corrected chi connectivity index (χ1v) is 10.2. The standard InChI is InChI=1S/C19H23N5O2S/c25-16(21-18-24-23-15(27-18)14-8-9-14)19(10-4-5-11-19)22-17(26)20-12-13-6-2-1-3-7-13/h1-3,6-7,14H,4-5,8-12H2,(H2,20,22,26)(H,21,24,25). The molecule has 2 aliphatic rings. The topological polar surface area (TPSA) is 96.0 Å². The maximum Gasteiger partial charge on any atom is 0.315 e. The number of anilines is 1. The molecule has 2 saturated carbocycles. The van der Waals surface area contributed by atoms with Crippen LogP contribution in [0.25, 0.3) is 0 Å². The summed E-state index contributed by atoms with van der Waals surface area (Å²) in [5.74, 6) is 0.309. The molecule has 142 valence electrons. The van der Waals surface area contributed by atoms with Crippen molar-refractivity contribution in [2.24, 2.45) is 0 Å². The first-order chi connectivity index (χ1) is 13.1. The zero-order valence-corrected chi connectivity index (χ0v) is 15.8. The lowest BCUT2D eigenvalue weighted by molar-refractivity contribution is -0.121. The molecule has 0 radical (unpaired) electrons. The molecule has 7 nitrogen and oxygen atoms in total. The van der Waals surface area contributed by atoms with Gasteiger partial charge in [-0.25, -0.2) is 4.79 Å². The summed E-state index contributed by atoms with van der Waals surface area (Å²) in [4.78, 5) is 25.3. The maximum atomic E-state index is 12.9. The fourth-order valence-corrected chi connectivity index (χ4v) is 4.33. The van der Waals surface area contributed by atoms with Crippen LogP contribution in [0.2, 0.25) is 0 Å². The molecule has 2 fully saturated rings. The minimum atomic E-state index is -0.883. The molecule has 8 heteroatoms. The lowest BCUT2D eigenvalue weighted by atomic mass is 9.96. The highest BCUT2D eigenvalue weighted by molar-refractivity contribution is 7.15. The van der Waals surface area contributed by atoms with E-state index >= 15 is 0 Å².